The lowest BCUT2D eigenvalue weighted by atomic mass is 10.1. The summed E-state index contributed by atoms with van der Waals surface area (Å²) in [5, 5.41) is 4.47. The van der Waals surface area contributed by atoms with Crippen LogP contribution in [0.3, 0.4) is 0 Å². The summed E-state index contributed by atoms with van der Waals surface area (Å²) in [7, 11) is 0. The molecule has 0 aliphatic heterocycles. The van der Waals surface area contributed by atoms with Gasteiger partial charge in [-0.1, -0.05) is 6.92 Å². The molecule has 0 amide bonds. The molecule has 0 N–H and O–H groups in total. The van der Waals surface area contributed by atoms with Crippen molar-refractivity contribution in [2.24, 2.45) is 0 Å². The second kappa shape index (κ2) is 7.17. The summed E-state index contributed by atoms with van der Waals surface area (Å²) >= 11 is 9.12. The highest BCUT2D eigenvalue weighted by Crippen LogP contribution is 2.23. The molecule has 1 aromatic heterocycles. The van der Waals surface area contributed by atoms with Crippen LogP contribution < -0.4 is 0 Å². The lowest BCUT2D eigenvalue weighted by molar-refractivity contribution is -0.118. The van der Waals surface area contributed by atoms with Crippen LogP contribution >= 0.6 is 27.5 Å². The molecule has 0 unspecified atom stereocenters. The fourth-order valence-corrected chi connectivity index (χ4v) is 2.56. The molecule has 3 nitrogen and oxygen atoms in total. The maximum atomic E-state index is 11.8. The van der Waals surface area contributed by atoms with Crippen molar-refractivity contribution >= 4 is 33.3 Å². The summed E-state index contributed by atoms with van der Waals surface area (Å²) in [4.78, 5) is 11.8. The minimum Gasteiger partial charge on any atom is -0.299 e. The Hall–Kier alpha value is -0.350. The van der Waals surface area contributed by atoms with Gasteiger partial charge in [-0.25, -0.2) is 0 Å². The molecule has 1 aromatic rings. The van der Waals surface area contributed by atoms with Crippen molar-refractivity contribution in [2.75, 3.05) is 5.88 Å². The number of aromatic nitrogens is 2. The van der Waals surface area contributed by atoms with E-state index in [2.05, 4.69) is 28.0 Å². The van der Waals surface area contributed by atoms with E-state index in [9.17, 15) is 4.79 Å². The van der Waals surface area contributed by atoms with E-state index in [1.807, 2.05) is 11.6 Å². The second-order valence-electron chi connectivity index (χ2n) is 3.88. The smallest absolute Gasteiger partial charge is 0.138 e. The summed E-state index contributed by atoms with van der Waals surface area (Å²) in [6, 6.07) is 0. The lowest BCUT2D eigenvalue weighted by Crippen LogP contribution is -2.09. The first-order chi connectivity index (χ1) is 8.13. The first kappa shape index (κ1) is 14.7. The Bertz CT molecular complexity index is 390. The average Bonchev–Trinajstić information content (AvgIpc) is 2.63. The van der Waals surface area contributed by atoms with Gasteiger partial charge in [0.2, 0.25) is 0 Å². The molecule has 5 heteroatoms. The van der Waals surface area contributed by atoms with Crippen LogP contribution in [0.4, 0.5) is 0 Å². The van der Waals surface area contributed by atoms with Gasteiger partial charge >= 0.3 is 0 Å². The quantitative estimate of drug-likeness (QED) is 0.722. The van der Waals surface area contributed by atoms with E-state index in [4.69, 9.17) is 11.6 Å². The van der Waals surface area contributed by atoms with Crippen LogP contribution in [0.25, 0.3) is 0 Å². The molecule has 0 aliphatic carbocycles. The van der Waals surface area contributed by atoms with E-state index in [0.717, 1.165) is 35.2 Å². The molecule has 0 atom stereocenters. The number of ketones is 1. The number of halogens is 2. The molecule has 17 heavy (non-hydrogen) atoms. The Kier molecular flexibility index (Phi) is 6.20. The zero-order valence-corrected chi connectivity index (χ0v) is 12.6. The summed E-state index contributed by atoms with van der Waals surface area (Å²) in [5.41, 5.74) is 2.01. The van der Waals surface area contributed by atoms with E-state index < -0.39 is 0 Å². The number of aryl methyl sites for hydroxylation is 2. The van der Waals surface area contributed by atoms with Crippen LogP contribution in [-0.2, 0) is 24.2 Å². The minimum atomic E-state index is 0.226. The van der Waals surface area contributed by atoms with Crippen LogP contribution in [-0.4, -0.2) is 21.4 Å². The first-order valence-electron chi connectivity index (χ1n) is 5.95. The fraction of sp³-hybridized carbons (Fsp3) is 0.667. The number of hydrogen-bond acceptors (Lipinski definition) is 2. The Morgan fingerprint density at radius 3 is 2.71 bits per heavy atom. The molecule has 0 fully saturated rings. The van der Waals surface area contributed by atoms with Gasteiger partial charge in [-0.3, -0.25) is 9.48 Å². The molecule has 1 heterocycles. The van der Waals surface area contributed by atoms with E-state index in [0.29, 0.717) is 18.7 Å². The highest BCUT2D eigenvalue weighted by atomic mass is 79.9. The summed E-state index contributed by atoms with van der Waals surface area (Å²) < 4.78 is 2.89. The number of alkyl halides is 1. The lowest BCUT2D eigenvalue weighted by Gasteiger charge is -2.04. The van der Waals surface area contributed by atoms with Crippen LogP contribution in [0.2, 0.25) is 0 Å². The molecule has 1 rings (SSSR count). The number of hydrogen-bond donors (Lipinski definition) is 0. The molecule has 0 bridgehead atoms. The van der Waals surface area contributed by atoms with Gasteiger partial charge in [0.15, 0.2) is 0 Å². The Morgan fingerprint density at radius 2 is 2.18 bits per heavy atom. The molecule has 0 aliphatic rings. The number of Topliss-reactive ketones (excluding diaryl/α,β-unsaturated/α-hetero) is 1. The third kappa shape index (κ3) is 3.81. The van der Waals surface area contributed by atoms with Crippen molar-refractivity contribution in [1.82, 2.24) is 9.78 Å². The number of carbonyl (C=O) groups is 1. The largest absolute Gasteiger partial charge is 0.299 e. The average molecular weight is 322 g/mol. The van der Waals surface area contributed by atoms with Crippen molar-refractivity contribution in [3.8, 4) is 0 Å². The molecule has 96 valence electrons. The van der Waals surface area contributed by atoms with Crippen molar-refractivity contribution in [3.63, 3.8) is 0 Å². The molecule has 0 saturated carbocycles. The summed E-state index contributed by atoms with van der Waals surface area (Å²) in [6.45, 7) is 4.88. The van der Waals surface area contributed by atoms with Gasteiger partial charge in [0.25, 0.3) is 0 Å². The number of carbonyl (C=O) groups excluding carboxylic acids is 1. The fourth-order valence-electron chi connectivity index (χ4n) is 1.73. The number of nitrogens with zero attached hydrogens (tertiary/aromatic N) is 2. The van der Waals surface area contributed by atoms with Gasteiger partial charge in [-0.2, -0.15) is 5.10 Å². The molecule has 0 aromatic carbocycles. The third-order valence-electron chi connectivity index (χ3n) is 2.65. The van der Waals surface area contributed by atoms with Gasteiger partial charge in [0.05, 0.1) is 15.9 Å². The van der Waals surface area contributed by atoms with Gasteiger partial charge in [0, 0.05) is 25.3 Å². The topological polar surface area (TPSA) is 34.9 Å². The van der Waals surface area contributed by atoms with Crippen LogP contribution in [0.5, 0.6) is 0 Å². The normalized spacial score (nSPS) is 10.8. The maximum absolute atomic E-state index is 11.8. The van der Waals surface area contributed by atoms with Crippen LogP contribution in [0.15, 0.2) is 4.47 Å². The molecular formula is C12H18BrClN2O. The van der Waals surface area contributed by atoms with Crippen molar-refractivity contribution in [2.45, 2.75) is 46.1 Å². The highest BCUT2D eigenvalue weighted by Gasteiger charge is 2.16. The Labute approximate surface area is 116 Å². The number of rotatable bonds is 7. The molecular weight excluding hydrogens is 304 g/mol. The minimum absolute atomic E-state index is 0.226. The van der Waals surface area contributed by atoms with E-state index in [1.165, 1.54) is 0 Å². The Morgan fingerprint density at radius 1 is 1.47 bits per heavy atom. The van der Waals surface area contributed by atoms with Crippen molar-refractivity contribution in [3.05, 3.63) is 15.9 Å². The predicted molar refractivity (Wildman–Crippen MR) is 73.6 cm³/mol. The summed E-state index contributed by atoms with van der Waals surface area (Å²) in [6.07, 6.45) is 2.61. The van der Waals surface area contributed by atoms with E-state index >= 15 is 0 Å². The van der Waals surface area contributed by atoms with Gasteiger partial charge in [-0.15, -0.1) is 11.6 Å². The SMILES string of the molecule is CCc1nn(CC)c(CC(=O)CCCCl)c1Br. The van der Waals surface area contributed by atoms with Crippen molar-refractivity contribution < 1.29 is 4.79 Å². The zero-order valence-electron chi connectivity index (χ0n) is 10.3. The van der Waals surface area contributed by atoms with Crippen LogP contribution in [0.1, 0.15) is 38.1 Å². The third-order valence-corrected chi connectivity index (χ3v) is 3.83. The molecule has 0 saturated heterocycles. The Balaban J connectivity index is 2.81. The molecule has 0 radical (unpaired) electrons. The van der Waals surface area contributed by atoms with Gasteiger partial charge in [0.1, 0.15) is 5.78 Å². The van der Waals surface area contributed by atoms with Gasteiger partial charge < -0.3 is 0 Å². The summed E-state index contributed by atoms with van der Waals surface area (Å²) in [5.74, 6) is 0.767. The monoisotopic (exact) mass is 320 g/mol. The van der Waals surface area contributed by atoms with E-state index in [-0.39, 0.29) is 5.78 Å². The predicted octanol–water partition coefficient (Wildman–Crippen LogP) is 3.36. The maximum Gasteiger partial charge on any atom is 0.138 e. The van der Waals surface area contributed by atoms with Crippen molar-refractivity contribution in [1.29, 1.82) is 0 Å². The standard InChI is InChI=1S/C12H18BrClN2O/c1-3-10-12(13)11(16(4-2)15-10)8-9(17)6-5-7-14/h3-8H2,1-2H3. The van der Waals surface area contributed by atoms with E-state index in [1.54, 1.807) is 0 Å². The second-order valence-corrected chi connectivity index (χ2v) is 5.06. The zero-order chi connectivity index (χ0) is 12.8. The van der Waals surface area contributed by atoms with Crippen LogP contribution in [0, 0.1) is 0 Å². The highest BCUT2D eigenvalue weighted by molar-refractivity contribution is 9.10. The molecule has 0 spiro atoms. The first-order valence-corrected chi connectivity index (χ1v) is 7.28. The van der Waals surface area contributed by atoms with Gasteiger partial charge in [-0.05, 0) is 35.7 Å².